The summed E-state index contributed by atoms with van der Waals surface area (Å²) >= 11 is 0. The van der Waals surface area contributed by atoms with Crippen LogP contribution in [0.1, 0.15) is 27.7 Å². The summed E-state index contributed by atoms with van der Waals surface area (Å²) in [4.78, 5) is 7.88. The van der Waals surface area contributed by atoms with Gasteiger partial charge >= 0.3 is 0 Å². The van der Waals surface area contributed by atoms with Gasteiger partial charge in [-0.2, -0.15) is 0 Å². The molecule has 0 spiro atoms. The topological polar surface area (TPSA) is 42.7 Å². The predicted octanol–water partition coefficient (Wildman–Crippen LogP) is 1.63. The molecule has 14 heavy (non-hydrogen) atoms. The average Bonchev–Trinajstić information content (AvgIpc) is 1.99. The van der Waals surface area contributed by atoms with Crippen molar-refractivity contribution >= 4 is 12.3 Å². The summed E-state index contributed by atoms with van der Waals surface area (Å²) in [7, 11) is 3.79. The molecular weight excluding hydrogens is 176 g/mol. The molecule has 0 rings (SSSR count). The fraction of sp³-hybridized carbons (Fsp3) is 0.800. The van der Waals surface area contributed by atoms with Gasteiger partial charge in [-0.05, 0) is 27.7 Å². The first-order valence-corrected chi connectivity index (χ1v) is 4.93. The molecule has 0 atom stereocenters. The van der Waals surface area contributed by atoms with Crippen molar-refractivity contribution < 1.29 is 0 Å². The smallest absolute Gasteiger partial charge is 0.219 e. The molecule has 0 aromatic heterocycles. The zero-order chi connectivity index (χ0) is 11.3. The third-order valence-electron chi connectivity index (χ3n) is 1.77. The van der Waals surface area contributed by atoms with Crippen molar-refractivity contribution in [2.45, 2.75) is 39.8 Å². The van der Waals surface area contributed by atoms with Crippen LogP contribution in [0.2, 0.25) is 0 Å². The lowest BCUT2D eigenvalue weighted by atomic mass is 10.2. The summed E-state index contributed by atoms with van der Waals surface area (Å²) in [6.45, 7) is 8.28. The highest BCUT2D eigenvalue weighted by molar-refractivity contribution is 5.85. The molecule has 0 fully saturated rings. The SMILES string of the molecule is CC(C)N(C(=N)/N=C/N(C)C)C(C)C. The van der Waals surface area contributed by atoms with Gasteiger partial charge < -0.3 is 9.80 Å². The molecule has 82 valence electrons. The highest BCUT2D eigenvalue weighted by Crippen LogP contribution is 2.05. The van der Waals surface area contributed by atoms with Gasteiger partial charge in [0, 0.05) is 26.2 Å². The summed E-state index contributed by atoms with van der Waals surface area (Å²) in [6.07, 6.45) is 1.65. The van der Waals surface area contributed by atoms with Gasteiger partial charge in [-0.15, -0.1) is 0 Å². The van der Waals surface area contributed by atoms with E-state index in [0.717, 1.165) is 0 Å². The van der Waals surface area contributed by atoms with E-state index in [2.05, 4.69) is 32.7 Å². The van der Waals surface area contributed by atoms with E-state index < -0.39 is 0 Å². The number of nitrogens with zero attached hydrogens (tertiary/aromatic N) is 3. The molecule has 0 amide bonds. The second-order valence-corrected chi connectivity index (χ2v) is 4.13. The quantitative estimate of drug-likeness (QED) is 0.553. The summed E-state index contributed by atoms with van der Waals surface area (Å²) in [5.41, 5.74) is 0. The highest BCUT2D eigenvalue weighted by Gasteiger charge is 2.15. The number of guanidine groups is 1. The van der Waals surface area contributed by atoms with Crippen LogP contribution in [0.15, 0.2) is 4.99 Å². The Bertz CT molecular complexity index is 198. The Hall–Kier alpha value is -1.06. The largest absolute Gasteiger partial charge is 0.369 e. The van der Waals surface area contributed by atoms with Gasteiger partial charge in [0.25, 0.3) is 0 Å². The summed E-state index contributed by atoms with van der Waals surface area (Å²) in [5, 5.41) is 7.80. The fourth-order valence-electron chi connectivity index (χ4n) is 1.32. The van der Waals surface area contributed by atoms with Crippen molar-refractivity contribution in [2.24, 2.45) is 4.99 Å². The molecule has 0 aromatic rings. The third-order valence-corrected chi connectivity index (χ3v) is 1.77. The normalized spacial score (nSPS) is 11.4. The molecular formula is C10H22N4. The maximum Gasteiger partial charge on any atom is 0.219 e. The van der Waals surface area contributed by atoms with E-state index in [0.29, 0.717) is 18.0 Å². The Labute approximate surface area is 87.1 Å². The minimum atomic E-state index is 0.307. The van der Waals surface area contributed by atoms with Crippen molar-refractivity contribution in [3.8, 4) is 0 Å². The lowest BCUT2D eigenvalue weighted by Gasteiger charge is -2.30. The van der Waals surface area contributed by atoms with Crippen LogP contribution in [0.5, 0.6) is 0 Å². The first-order chi connectivity index (χ1) is 6.36. The van der Waals surface area contributed by atoms with E-state index in [1.165, 1.54) is 0 Å². The van der Waals surface area contributed by atoms with Crippen LogP contribution in [0.25, 0.3) is 0 Å². The van der Waals surface area contributed by atoms with Crippen molar-refractivity contribution in [1.29, 1.82) is 5.41 Å². The third kappa shape index (κ3) is 4.25. The monoisotopic (exact) mass is 198 g/mol. The number of hydrogen-bond donors (Lipinski definition) is 1. The second kappa shape index (κ2) is 5.62. The van der Waals surface area contributed by atoms with E-state index in [9.17, 15) is 0 Å². The molecule has 0 heterocycles. The lowest BCUT2D eigenvalue weighted by Crippen LogP contribution is -2.41. The minimum Gasteiger partial charge on any atom is -0.369 e. The van der Waals surface area contributed by atoms with Crippen molar-refractivity contribution in [3.05, 3.63) is 0 Å². The van der Waals surface area contributed by atoms with Gasteiger partial charge in [0.1, 0.15) is 0 Å². The van der Waals surface area contributed by atoms with Gasteiger partial charge in [-0.3, -0.25) is 5.41 Å². The molecule has 4 heteroatoms. The minimum absolute atomic E-state index is 0.307. The highest BCUT2D eigenvalue weighted by atomic mass is 15.3. The van der Waals surface area contributed by atoms with Crippen LogP contribution in [-0.4, -0.2) is 48.3 Å². The fourth-order valence-corrected chi connectivity index (χ4v) is 1.32. The van der Waals surface area contributed by atoms with Crippen LogP contribution in [-0.2, 0) is 0 Å². The Balaban J connectivity index is 4.46. The van der Waals surface area contributed by atoms with Crippen molar-refractivity contribution in [3.63, 3.8) is 0 Å². The van der Waals surface area contributed by atoms with E-state index >= 15 is 0 Å². The van der Waals surface area contributed by atoms with Crippen LogP contribution in [0.4, 0.5) is 0 Å². The zero-order valence-corrected chi connectivity index (χ0v) is 10.1. The number of aliphatic imine (C=N–C) groups is 1. The summed E-state index contributed by atoms with van der Waals surface area (Å²) < 4.78 is 0. The standard InChI is InChI=1S/C10H22N4/c1-8(2)14(9(3)4)10(11)12-7-13(5)6/h7-9,11H,1-6H3/b11-10?,12-7+. The Morgan fingerprint density at radius 3 is 1.86 bits per heavy atom. The van der Waals surface area contributed by atoms with Crippen LogP contribution in [0, 0.1) is 5.41 Å². The summed E-state index contributed by atoms with van der Waals surface area (Å²) in [6, 6.07) is 0.614. The molecule has 0 aromatic carbocycles. The van der Waals surface area contributed by atoms with Gasteiger partial charge in [0.15, 0.2) is 0 Å². The lowest BCUT2D eigenvalue weighted by molar-refractivity contribution is 0.287. The summed E-state index contributed by atoms with van der Waals surface area (Å²) in [5.74, 6) is 0.323. The number of hydrogen-bond acceptors (Lipinski definition) is 1. The van der Waals surface area contributed by atoms with Gasteiger partial charge in [-0.1, -0.05) is 0 Å². The molecule has 0 saturated heterocycles. The van der Waals surface area contributed by atoms with Crippen molar-refractivity contribution in [2.75, 3.05) is 14.1 Å². The Kier molecular flexibility index (Phi) is 5.20. The first-order valence-electron chi connectivity index (χ1n) is 4.93. The molecule has 0 aliphatic heterocycles. The Morgan fingerprint density at radius 1 is 1.14 bits per heavy atom. The molecule has 4 nitrogen and oxygen atoms in total. The average molecular weight is 198 g/mol. The maximum atomic E-state index is 7.80. The second-order valence-electron chi connectivity index (χ2n) is 4.13. The molecule has 0 saturated carbocycles. The van der Waals surface area contributed by atoms with E-state index in [4.69, 9.17) is 5.41 Å². The van der Waals surface area contributed by atoms with Crippen LogP contribution >= 0.6 is 0 Å². The first kappa shape index (κ1) is 12.9. The van der Waals surface area contributed by atoms with Gasteiger partial charge in [0.05, 0.1) is 6.34 Å². The number of nitrogens with one attached hydrogen (secondary N) is 1. The molecule has 0 radical (unpaired) electrons. The van der Waals surface area contributed by atoms with Crippen LogP contribution in [0.3, 0.4) is 0 Å². The zero-order valence-electron chi connectivity index (χ0n) is 10.1. The van der Waals surface area contributed by atoms with Gasteiger partial charge in [0.2, 0.25) is 5.96 Å². The Morgan fingerprint density at radius 2 is 1.57 bits per heavy atom. The molecule has 0 unspecified atom stereocenters. The molecule has 1 N–H and O–H groups in total. The molecule has 0 bridgehead atoms. The maximum absolute atomic E-state index is 7.80. The predicted molar refractivity (Wildman–Crippen MR) is 62.0 cm³/mol. The van der Waals surface area contributed by atoms with Crippen LogP contribution < -0.4 is 0 Å². The molecule has 0 aliphatic carbocycles. The molecule has 0 aliphatic rings. The number of rotatable bonds is 3. The van der Waals surface area contributed by atoms with E-state index in [1.54, 1.807) is 6.34 Å². The van der Waals surface area contributed by atoms with Crippen molar-refractivity contribution in [1.82, 2.24) is 9.80 Å². The van der Waals surface area contributed by atoms with E-state index in [-0.39, 0.29) is 0 Å². The van der Waals surface area contributed by atoms with E-state index in [1.807, 2.05) is 23.9 Å². The van der Waals surface area contributed by atoms with Gasteiger partial charge in [-0.25, -0.2) is 4.99 Å².